The molecule has 0 aromatic heterocycles. The zero-order chi connectivity index (χ0) is 15.6. The quantitative estimate of drug-likeness (QED) is 0.746. The second-order valence-corrected chi connectivity index (χ2v) is 6.51. The second kappa shape index (κ2) is 5.45. The van der Waals surface area contributed by atoms with Crippen LogP contribution in [0.5, 0.6) is 0 Å². The van der Waals surface area contributed by atoms with Gasteiger partial charge in [-0.25, -0.2) is 13.2 Å². The van der Waals surface area contributed by atoms with Crippen LogP contribution in [0.25, 0.3) is 0 Å². The fourth-order valence-corrected chi connectivity index (χ4v) is 2.45. The van der Waals surface area contributed by atoms with Crippen molar-refractivity contribution in [2.24, 2.45) is 0 Å². The molecule has 7 heteroatoms. The maximum absolute atomic E-state index is 11.4. The molecule has 6 nitrogen and oxygen atoms in total. The molecule has 0 unspecified atom stereocenters. The molecule has 4 N–H and O–H groups in total. The zero-order valence-electron chi connectivity index (χ0n) is 11.2. The Hall–Kier alpha value is -2.54. The van der Waals surface area contributed by atoms with Crippen LogP contribution in [-0.4, -0.2) is 25.7 Å². The van der Waals surface area contributed by atoms with Crippen LogP contribution >= 0.6 is 0 Å². The molecule has 0 bridgehead atoms. The van der Waals surface area contributed by atoms with Gasteiger partial charge in [-0.3, -0.25) is 0 Å². The molecule has 0 aliphatic heterocycles. The predicted molar refractivity (Wildman–Crippen MR) is 80.6 cm³/mol. The summed E-state index contributed by atoms with van der Waals surface area (Å²) in [5.74, 6) is -1.10. The Labute approximate surface area is 122 Å². The number of carboxylic acid groups (broad SMARTS) is 1. The summed E-state index contributed by atoms with van der Waals surface area (Å²) in [6, 6.07) is 10.6. The number of anilines is 3. The number of nitrogen functional groups attached to an aromatic ring is 1. The number of sulfone groups is 1. The molecule has 0 aliphatic rings. The highest BCUT2D eigenvalue weighted by molar-refractivity contribution is 7.90. The first kappa shape index (κ1) is 14.9. The Morgan fingerprint density at radius 1 is 1.14 bits per heavy atom. The van der Waals surface area contributed by atoms with E-state index in [0.29, 0.717) is 11.4 Å². The molecule has 0 amide bonds. The van der Waals surface area contributed by atoms with Crippen LogP contribution in [0.2, 0.25) is 0 Å². The SMILES string of the molecule is CS(=O)(=O)c1ccc(Nc2c(N)cccc2C(=O)O)cc1. The molecule has 2 rings (SSSR count). The molecule has 0 fully saturated rings. The number of carbonyl (C=O) groups is 1. The van der Waals surface area contributed by atoms with Crippen LogP contribution in [0.4, 0.5) is 17.1 Å². The van der Waals surface area contributed by atoms with Gasteiger partial charge in [-0.2, -0.15) is 0 Å². The van der Waals surface area contributed by atoms with Gasteiger partial charge in [-0.05, 0) is 36.4 Å². The molecule has 0 aliphatic carbocycles. The van der Waals surface area contributed by atoms with Crippen molar-refractivity contribution in [3.05, 3.63) is 48.0 Å². The number of aromatic carboxylic acids is 1. The van der Waals surface area contributed by atoms with Crippen LogP contribution in [0.15, 0.2) is 47.4 Å². The van der Waals surface area contributed by atoms with Crippen molar-refractivity contribution in [2.75, 3.05) is 17.3 Å². The van der Waals surface area contributed by atoms with Crippen LogP contribution in [0.1, 0.15) is 10.4 Å². The molecule has 0 heterocycles. The maximum atomic E-state index is 11.4. The summed E-state index contributed by atoms with van der Waals surface area (Å²) in [5.41, 5.74) is 6.94. The van der Waals surface area contributed by atoms with E-state index in [9.17, 15) is 13.2 Å². The zero-order valence-corrected chi connectivity index (χ0v) is 12.0. The summed E-state index contributed by atoms with van der Waals surface area (Å²) in [6.45, 7) is 0. The number of para-hydroxylation sites is 1. The molecule has 2 aromatic carbocycles. The van der Waals surface area contributed by atoms with Crippen molar-refractivity contribution in [1.29, 1.82) is 0 Å². The molecule has 0 radical (unpaired) electrons. The van der Waals surface area contributed by atoms with E-state index >= 15 is 0 Å². The first-order valence-corrected chi connectivity index (χ1v) is 7.87. The Kier molecular flexibility index (Phi) is 3.86. The van der Waals surface area contributed by atoms with Crippen molar-refractivity contribution in [3.8, 4) is 0 Å². The third kappa shape index (κ3) is 3.32. The molecule has 0 saturated heterocycles. The Morgan fingerprint density at radius 3 is 2.29 bits per heavy atom. The summed E-state index contributed by atoms with van der Waals surface area (Å²) < 4.78 is 22.8. The Morgan fingerprint density at radius 2 is 1.76 bits per heavy atom. The van der Waals surface area contributed by atoms with Crippen molar-refractivity contribution >= 4 is 32.9 Å². The van der Waals surface area contributed by atoms with E-state index in [1.165, 1.54) is 18.2 Å². The molecular formula is C14H14N2O4S. The normalized spacial score (nSPS) is 11.1. The minimum Gasteiger partial charge on any atom is -0.478 e. The lowest BCUT2D eigenvalue weighted by molar-refractivity contribution is 0.0698. The third-order valence-corrected chi connectivity index (χ3v) is 4.01. The van der Waals surface area contributed by atoms with Crippen molar-refractivity contribution < 1.29 is 18.3 Å². The number of carboxylic acids is 1. The van der Waals surface area contributed by atoms with Crippen LogP contribution < -0.4 is 11.1 Å². The van der Waals surface area contributed by atoms with Crippen molar-refractivity contribution in [2.45, 2.75) is 4.90 Å². The van der Waals surface area contributed by atoms with Gasteiger partial charge < -0.3 is 16.2 Å². The summed E-state index contributed by atoms with van der Waals surface area (Å²) in [4.78, 5) is 11.4. The Bertz CT molecular complexity index is 783. The van der Waals surface area contributed by atoms with E-state index in [1.807, 2.05) is 0 Å². The molecule has 110 valence electrons. The minimum atomic E-state index is -3.27. The number of hydrogen-bond donors (Lipinski definition) is 3. The van der Waals surface area contributed by atoms with Gasteiger partial charge in [0, 0.05) is 11.9 Å². The van der Waals surface area contributed by atoms with Gasteiger partial charge in [-0.1, -0.05) is 6.07 Å². The van der Waals surface area contributed by atoms with Gasteiger partial charge in [0.05, 0.1) is 21.8 Å². The van der Waals surface area contributed by atoms with Gasteiger partial charge in [0.1, 0.15) is 0 Å². The highest BCUT2D eigenvalue weighted by atomic mass is 32.2. The Balaban J connectivity index is 2.37. The lowest BCUT2D eigenvalue weighted by Gasteiger charge is -2.12. The van der Waals surface area contributed by atoms with Crippen molar-refractivity contribution in [1.82, 2.24) is 0 Å². The smallest absolute Gasteiger partial charge is 0.337 e. The van der Waals surface area contributed by atoms with Crippen LogP contribution in [-0.2, 0) is 9.84 Å². The molecular weight excluding hydrogens is 292 g/mol. The lowest BCUT2D eigenvalue weighted by Crippen LogP contribution is -2.06. The van der Waals surface area contributed by atoms with Crippen molar-refractivity contribution in [3.63, 3.8) is 0 Å². The summed E-state index contributed by atoms with van der Waals surface area (Å²) in [6.07, 6.45) is 1.12. The van der Waals surface area contributed by atoms with Gasteiger partial charge in [0.15, 0.2) is 9.84 Å². The fourth-order valence-electron chi connectivity index (χ4n) is 1.82. The number of hydrogen-bond acceptors (Lipinski definition) is 5. The van der Waals surface area contributed by atoms with E-state index in [-0.39, 0.29) is 16.1 Å². The monoisotopic (exact) mass is 306 g/mol. The number of nitrogens with one attached hydrogen (secondary N) is 1. The predicted octanol–water partition coefficient (Wildman–Crippen LogP) is 2.11. The van der Waals surface area contributed by atoms with Gasteiger partial charge in [-0.15, -0.1) is 0 Å². The number of benzene rings is 2. The average Bonchev–Trinajstić information content (AvgIpc) is 2.40. The van der Waals surface area contributed by atoms with E-state index in [1.54, 1.807) is 24.3 Å². The summed E-state index contributed by atoms with van der Waals surface area (Å²) >= 11 is 0. The van der Waals surface area contributed by atoms with E-state index in [2.05, 4.69) is 5.32 Å². The largest absolute Gasteiger partial charge is 0.478 e. The first-order chi connectivity index (χ1) is 9.79. The van der Waals surface area contributed by atoms with Gasteiger partial charge in [0.2, 0.25) is 0 Å². The third-order valence-electron chi connectivity index (χ3n) is 2.88. The standard InChI is InChI=1S/C14H14N2O4S/c1-21(19,20)10-7-5-9(6-8-10)16-13-11(14(17)18)3-2-4-12(13)15/h2-8,16H,15H2,1H3,(H,17,18). The van der Waals surface area contributed by atoms with Crippen LogP contribution in [0, 0.1) is 0 Å². The molecule has 2 aromatic rings. The van der Waals surface area contributed by atoms with Crippen LogP contribution in [0.3, 0.4) is 0 Å². The highest BCUT2D eigenvalue weighted by Gasteiger charge is 2.13. The topological polar surface area (TPSA) is 109 Å². The summed E-state index contributed by atoms with van der Waals surface area (Å²) in [7, 11) is -3.27. The maximum Gasteiger partial charge on any atom is 0.337 e. The average molecular weight is 306 g/mol. The fraction of sp³-hybridized carbons (Fsp3) is 0.0714. The number of nitrogens with two attached hydrogens (primary N) is 1. The molecule has 0 spiro atoms. The molecule has 0 atom stereocenters. The first-order valence-electron chi connectivity index (χ1n) is 5.98. The molecule has 0 saturated carbocycles. The second-order valence-electron chi connectivity index (χ2n) is 4.50. The lowest BCUT2D eigenvalue weighted by atomic mass is 10.1. The molecule has 21 heavy (non-hydrogen) atoms. The van der Waals surface area contributed by atoms with Gasteiger partial charge >= 0.3 is 5.97 Å². The number of rotatable bonds is 4. The highest BCUT2D eigenvalue weighted by Crippen LogP contribution is 2.27. The van der Waals surface area contributed by atoms with E-state index < -0.39 is 15.8 Å². The van der Waals surface area contributed by atoms with Gasteiger partial charge in [0.25, 0.3) is 0 Å². The minimum absolute atomic E-state index is 0.0437. The van der Waals surface area contributed by atoms with E-state index in [4.69, 9.17) is 10.8 Å². The van der Waals surface area contributed by atoms with E-state index in [0.717, 1.165) is 6.26 Å². The summed E-state index contributed by atoms with van der Waals surface area (Å²) in [5, 5.41) is 12.0.